The van der Waals surface area contributed by atoms with Crippen molar-refractivity contribution in [2.75, 3.05) is 19.7 Å². The van der Waals surface area contributed by atoms with E-state index in [0.717, 1.165) is 18.6 Å². The van der Waals surface area contributed by atoms with E-state index in [1.54, 1.807) is 30.3 Å². The summed E-state index contributed by atoms with van der Waals surface area (Å²) in [5.74, 6) is -2.35. The molecule has 3 aromatic carbocycles. The van der Waals surface area contributed by atoms with Gasteiger partial charge in [0.1, 0.15) is 29.9 Å². The molecule has 1 aliphatic heterocycles. The summed E-state index contributed by atoms with van der Waals surface area (Å²) in [5, 5.41) is 10.2. The van der Waals surface area contributed by atoms with Crippen molar-refractivity contribution in [3.63, 3.8) is 0 Å². The summed E-state index contributed by atoms with van der Waals surface area (Å²) < 4.78 is 56.8. The number of Topliss-reactive ketones (excluding diaryl/α,β-unsaturated/α-hetero) is 1. The summed E-state index contributed by atoms with van der Waals surface area (Å²) in [4.78, 5) is 29.7. The minimum absolute atomic E-state index is 0.0136. The molecule has 1 aliphatic rings. The fraction of sp³-hybridized carbons (Fsp3) is 0.300. The Morgan fingerprint density at radius 3 is 2.02 bits per heavy atom. The largest absolute Gasteiger partial charge is 0.488 e. The number of piperidine rings is 1. The zero-order chi connectivity index (χ0) is 31.2. The molecule has 43 heavy (non-hydrogen) atoms. The van der Waals surface area contributed by atoms with Crippen molar-refractivity contribution in [2.45, 2.75) is 37.1 Å². The molecule has 226 valence electrons. The number of ketones is 1. The zero-order valence-corrected chi connectivity index (χ0v) is 24.6. The smallest absolute Gasteiger partial charge is 0.416 e. The van der Waals surface area contributed by atoms with E-state index < -0.39 is 41.7 Å². The number of hydrogen-bond donors (Lipinski definition) is 0. The van der Waals surface area contributed by atoms with E-state index in [1.807, 2.05) is 0 Å². The van der Waals surface area contributed by atoms with Crippen molar-refractivity contribution in [1.29, 1.82) is 5.26 Å². The average Bonchev–Trinajstić information content (AvgIpc) is 2.99. The molecule has 1 fully saturated rings. The predicted octanol–water partition coefficient (Wildman–Crippen LogP) is 7.41. The number of ether oxygens (including phenoxy) is 3. The Morgan fingerprint density at radius 1 is 0.860 bits per heavy atom. The summed E-state index contributed by atoms with van der Waals surface area (Å²) in [6.45, 7) is -0.109. The molecule has 0 N–H and O–H groups in total. The Balaban J connectivity index is 1.75. The average molecular weight is 656 g/mol. The van der Waals surface area contributed by atoms with Crippen molar-refractivity contribution in [1.82, 2.24) is 4.90 Å². The third-order valence-corrected chi connectivity index (χ3v) is 7.52. The first-order chi connectivity index (χ1) is 20.5. The quantitative estimate of drug-likeness (QED) is 0.211. The number of alkyl halides is 3. The second-order valence-corrected chi connectivity index (χ2v) is 10.8. The summed E-state index contributed by atoms with van der Waals surface area (Å²) in [5.41, 5.74) is -3.78. The van der Waals surface area contributed by atoms with Crippen LogP contribution in [0.3, 0.4) is 0 Å². The Bertz CT molecular complexity index is 1530. The monoisotopic (exact) mass is 654 g/mol. The fourth-order valence-electron chi connectivity index (χ4n) is 4.38. The first kappa shape index (κ1) is 32.3. The van der Waals surface area contributed by atoms with E-state index >= 15 is 0 Å². The van der Waals surface area contributed by atoms with Crippen LogP contribution in [0, 0.1) is 11.3 Å². The van der Waals surface area contributed by atoms with Gasteiger partial charge in [-0.25, -0.2) is 0 Å². The molecule has 2 unspecified atom stereocenters. The van der Waals surface area contributed by atoms with Crippen LogP contribution in [0.25, 0.3) is 0 Å². The first-order valence-electron chi connectivity index (χ1n) is 13.1. The molecule has 0 aliphatic carbocycles. The number of benzene rings is 3. The van der Waals surface area contributed by atoms with Gasteiger partial charge < -0.3 is 19.1 Å². The minimum Gasteiger partial charge on any atom is -0.488 e. The normalized spacial score (nSPS) is 15.5. The van der Waals surface area contributed by atoms with E-state index in [4.69, 9.17) is 49.0 Å². The highest BCUT2D eigenvalue weighted by atomic mass is 35.5. The number of nitrogens with zero attached hydrogens (tertiary/aromatic N) is 2. The number of nitriles is 1. The number of halogens is 6. The van der Waals surface area contributed by atoms with Crippen molar-refractivity contribution < 1.29 is 37.0 Å². The third kappa shape index (κ3) is 7.47. The molecule has 2 atom stereocenters. The SMILES string of the molecule is N#CC(Oc1ccccc1Cl)(C(=O)C(COc1ccc(C(F)(F)F)cc1Cl)Oc1ccccc1Cl)C(=O)N1CCCCC1. The van der Waals surface area contributed by atoms with Crippen LogP contribution in [0.4, 0.5) is 13.2 Å². The van der Waals surface area contributed by atoms with Crippen molar-refractivity contribution in [3.05, 3.63) is 87.4 Å². The highest BCUT2D eigenvalue weighted by Crippen LogP contribution is 2.36. The molecule has 0 saturated carbocycles. The van der Waals surface area contributed by atoms with Gasteiger partial charge in [-0.1, -0.05) is 59.1 Å². The molecule has 1 amide bonds. The first-order valence-corrected chi connectivity index (χ1v) is 14.2. The van der Waals surface area contributed by atoms with E-state index in [9.17, 15) is 28.0 Å². The van der Waals surface area contributed by atoms with E-state index in [1.165, 1.54) is 29.2 Å². The summed E-state index contributed by atoms with van der Waals surface area (Å²) in [6.07, 6.45) is -4.20. The molecule has 13 heteroatoms. The Kier molecular flexibility index (Phi) is 10.3. The summed E-state index contributed by atoms with van der Waals surface area (Å²) >= 11 is 18.6. The van der Waals surface area contributed by atoms with Crippen molar-refractivity contribution >= 4 is 46.5 Å². The molecule has 7 nitrogen and oxygen atoms in total. The molecule has 3 aromatic rings. The van der Waals surface area contributed by atoms with Gasteiger partial charge in [0, 0.05) is 13.1 Å². The molecular weight excluding hydrogens is 632 g/mol. The molecule has 0 bridgehead atoms. The number of hydrogen-bond acceptors (Lipinski definition) is 6. The Labute approximate surface area is 260 Å². The van der Waals surface area contributed by atoms with Gasteiger partial charge in [-0.3, -0.25) is 9.59 Å². The van der Waals surface area contributed by atoms with Crippen molar-refractivity contribution in [2.24, 2.45) is 0 Å². The van der Waals surface area contributed by atoms with E-state index in [2.05, 4.69) is 0 Å². The van der Waals surface area contributed by atoms with Gasteiger partial charge in [0.05, 0.1) is 20.6 Å². The van der Waals surface area contributed by atoms with Crippen LogP contribution in [-0.4, -0.2) is 48.0 Å². The molecule has 1 saturated heterocycles. The summed E-state index contributed by atoms with van der Waals surface area (Å²) in [6, 6.07) is 16.3. The number of amides is 1. The maximum atomic E-state index is 14.3. The molecule has 0 aromatic heterocycles. The van der Waals surface area contributed by atoms with Crippen LogP contribution in [0.15, 0.2) is 66.7 Å². The lowest BCUT2D eigenvalue weighted by atomic mass is 9.92. The topological polar surface area (TPSA) is 88.9 Å². The maximum Gasteiger partial charge on any atom is 0.416 e. The lowest BCUT2D eigenvalue weighted by molar-refractivity contribution is -0.156. The van der Waals surface area contributed by atoms with Gasteiger partial charge in [0.25, 0.3) is 5.91 Å². The van der Waals surface area contributed by atoms with Gasteiger partial charge in [-0.05, 0) is 61.7 Å². The molecule has 0 radical (unpaired) electrons. The van der Waals surface area contributed by atoms with Crippen LogP contribution in [0.5, 0.6) is 17.2 Å². The second kappa shape index (κ2) is 13.8. The van der Waals surface area contributed by atoms with Gasteiger partial charge in [-0.2, -0.15) is 18.4 Å². The summed E-state index contributed by atoms with van der Waals surface area (Å²) in [7, 11) is 0. The molecule has 4 rings (SSSR count). The van der Waals surface area contributed by atoms with Gasteiger partial charge in [0.2, 0.25) is 5.78 Å². The van der Waals surface area contributed by atoms with Crippen LogP contribution < -0.4 is 14.2 Å². The standard InChI is InChI=1S/C30H24Cl3F3N2O5/c31-20-8-2-4-10-24(20)42-26(17-41-23-13-12-19(16-22(23)33)30(34,35)36)27(39)29(18-37,28(40)38-14-6-1-7-15-38)43-25-11-5-3-9-21(25)32/h2-5,8-13,16,26H,1,6-7,14-15,17H2. The molecule has 1 heterocycles. The van der Waals surface area contributed by atoms with Crippen LogP contribution in [-0.2, 0) is 15.8 Å². The maximum absolute atomic E-state index is 14.3. The second-order valence-electron chi connectivity index (χ2n) is 9.53. The number of carbonyl (C=O) groups is 2. The molecule has 0 spiro atoms. The van der Waals surface area contributed by atoms with Gasteiger partial charge in [-0.15, -0.1) is 0 Å². The Hall–Kier alpha value is -3.65. The Morgan fingerprint density at radius 2 is 1.47 bits per heavy atom. The van der Waals surface area contributed by atoms with Gasteiger partial charge >= 0.3 is 11.8 Å². The van der Waals surface area contributed by atoms with E-state index in [0.29, 0.717) is 18.9 Å². The van der Waals surface area contributed by atoms with Crippen molar-refractivity contribution in [3.8, 4) is 23.3 Å². The number of para-hydroxylation sites is 2. The van der Waals surface area contributed by atoms with Crippen LogP contribution in [0.2, 0.25) is 15.1 Å². The van der Waals surface area contributed by atoms with Crippen LogP contribution >= 0.6 is 34.8 Å². The van der Waals surface area contributed by atoms with E-state index in [-0.39, 0.29) is 45.4 Å². The van der Waals surface area contributed by atoms with Crippen LogP contribution in [0.1, 0.15) is 24.8 Å². The zero-order valence-electron chi connectivity index (χ0n) is 22.4. The number of rotatable bonds is 10. The highest BCUT2D eigenvalue weighted by molar-refractivity contribution is 6.32. The minimum atomic E-state index is -4.65. The fourth-order valence-corrected chi connectivity index (χ4v) is 4.97. The predicted molar refractivity (Wildman–Crippen MR) is 154 cm³/mol. The number of carbonyl (C=O) groups excluding carboxylic acids is 2. The molecular formula is C30H24Cl3F3N2O5. The number of likely N-dealkylation sites (tertiary alicyclic amines) is 1. The van der Waals surface area contributed by atoms with Gasteiger partial charge in [0.15, 0.2) is 6.10 Å². The highest BCUT2D eigenvalue weighted by Gasteiger charge is 2.55. The third-order valence-electron chi connectivity index (χ3n) is 6.60. The lowest BCUT2D eigenvalue weighted by Crippen LogP contribution is -2.62. The lowest BCUT2D eigenvalue weighted by Gasteiger charge is -2.35.